The predicted molar refractivity (Wildman–Crippen MR) is 121 cm³/mol. The smallest absolute Gasteiger partial charge is 0.416 e. The lowest BCUT2D eigenvalue weighted by Gasteiger charge is -2.39. The number of alkyl halides is 3. The molecule has 2 aromatic carbocycles. The molecule has 0 aliphatic carbocycles. The van der Waals surface area contributed by atoms with E-state index in [0.717, 1.165) is 23.4 Å². The second-order valence-electron chi connectivity index (χ2n) is 8.32. The molecule has 1 amide bonds. The number of hydrogen-bond donors (Lipinski definition) is 0. The lowest BCUT2D eigenvalue weighted by atomic mass is 9.96. The Morgan fingerprint density at radius 2 is 1.61 bits per heavy atom. The zero-order valence-corrected chi connectivity index (χ0v) is 19.5. The van der Waals surface area contributed by atoms with Gasteiger partial charge in [-0.25, -0.2) is 0 Å². The third-order valence-electron chi connectivity index (χ3n) is 6.38. The van der Waals surface area contributed by atoms with Gasteiger partial charge in [0.1, 0.15) is 12.4 Å². The second kappa shape index (κ2) is 10.6. The Morgan fingerprint density at radius 1 is 0.970 bits per heavy atom. The molecule has 180 valence electrons. The zero-order valence-electron chi connectivity index (χ0n) is 19.5. The maximum Gasteiger partial charge on any atom is 0.416 e. The van der Waals surface area contributed by atoms with Crippen LogP contribution in [0.15, 0.2) is 36.4 Å². The summed E-state index contributed by atoms with van der Waals surface area (Å²) in [5, 5.41) is 0. The van der Waals surface area contributed by atoms with Crippen LogP contribution in [-0.2, 0) is 10.9 Å². The molecule has 0 radical (unpaired) electrons. The number of methoxy groups -OCH3 is 1. The van der Waals surface area contributed by atoms with Crippen LogP contribution in [-0.4, -0.2) is 62.2 Å². The quantitative estimate of drug-likeness (QED) is 0.549. The van der Waals surface area contributed by atoms with E-state index in [2.05, 4.69) is 24.8 Å². The van der Waals surface area contributed by atoms with Crippen LogP contribution in [0.4, 0.5) is 13.2 Å². The first-order valence-electron chi connectivity index (χ1n) is 11.1. The highest BCUT2D eigenvalue weighted by atomic mass is 19.4. The molecular formula is C25H31F3N2O3. The molecular weight excluding hydrogens is 433 g/mol. The fraction of sp³-hybridized carbons (Fsp3) is 0.480. The Bertz CT molecular complexity index is 953. The fourth-order valence-electron chi connectivity index (χ4n) is 4.15. The molecule has 33 heavy (non-hydrogen) atoms. The number of piperazine rings is 1. The number of carbonyl (C=O) groups excluding carboxylic acids is 1. The van der Waals surface area contributed by atoms with Crippen molar-refractivity contribution in [3.8, 4) is 5.75 Å². The van der Waals surface area contributed by atoms with Crippen LogP contribution in [0.5, 0.6) is 5.75 Å². The molecule has 1 aliphatic heterocycles. The Hall–Kier alpha value is -2.58. The van der Waals surface area contributed by atoms with Gasteiger partial charge in [-0.3, -0.25) is 9.69 Å². The molecule has 5 nitrogen and oxygen atoms in total. The highest BCUT2D eigenvalue weighted by molar-refractivity contribution is 5.94. The van der Waals surface area contributed by atoms with E-state index in [-0.39, 0.29) is 17.5 Å². The molecule has 1 aliphatic rings. The van der Waals surface area contributed by atoms with E-state index in [1.165, 1.54) is 23.3 Å². The van der Waals surface area contributed by atoms with Crippen LogP contribution in [0.2, 0.25) is 0 Å². The SMILES string of the molecule is COCCOc1ccc(C(C)N2CCN(C(=O)c3ccc(C(F)(F)F)cc3)CC2)c(C)c1C. The summed E-state index contributed by atoms with van der Waals surface area (Å²) >= 11 is 0. The second-order valence-corrected chi connectivity index (χ2v) is 8.32. The molecule has 1 saturated heterocycles. The van der Waals surface area contributed by atoms with E-state index in [0.29, 0.717) is 39.4 Å². The van der Waals surface area contributed by atoms with Gasteiger partial charge in [0.2, 0.25) is 0 Å². The van der Waals surface area contributed by atoms with Crippen molar-refractivity contribution in [3.63, 3.8) is 0 Å². The van der Waals surface area contributed by atoms with Gasteiger partial charge in [-0.15, -0.1) is 0 Å². The van der Waals surface area contributed by atoms with Crippen molar-refractivity contribution >= 4 is 5.91 Å². The van der Waals surface area contributed by atoms with Crippen LogP contribution >= 0.6 is 0 Å². The molecule has 1 unspecified atom stereocenters. The van der Waals surface area contributed by atoms with E-state index >= 15 is 0 Å². The van der Waals surface area contributed by atoms with E-state index in [1.807, 2.05) is 13.0 Å². The molecule has 1 fully saturated rings. The van der Waals surface area contributed by atoms with Crippen molar-refractivity contribution in [2.45, 2.75) is 33.0 Å². The van der Waals surface area contributed by atoms with Gasteiger partial charge in [0.25, 0.3) is 5.91 Å². The largest absolute Gasteiger partial charge is 0.491 e. The van der Waals surface area contributed by atoms with E-state index in [1.54, 1.807) is 12.0 Å². The van der Waals surface area contributed by atoms with Crippen LogP contribution in [0.1, 0.15) is 45.6 Å². The van der Waals surface area contributed by atoms with E-state index in [4.69, 9.17) is 9.47 Å². The maximum atomic E-state index is 12.8. The number of carbonyl (C=O) groups is 1. The highest BCUT2D eigenvalue weighted by Gasteiger charge is 2.31. The normalized spacial score (nSPS) is 16.0. The van der Waals surface area contributed by atoms with Gasteiger partial charge < -0.3 is 14.4 Å². The van der Waals surface area contributed by atoms with Crippen LogP contribution in [0.25, 0.3) is 0 Å². The summed E-state index contributed by atoms with van der Waals surface area (Å²) < 4.78 is 49.1. The van der Waals surface area contributed by atoms with Crippen molar-refractivity contribution in [1.82, 2.24) is 9.80 Å². The Balaban J connectivity index is 1.61. The molecule has 0 bridgehead atoms. The van der Waals surface area contributed by atoms with Crippen molar-refractivity contribution in [2.75, 3.05) is 46.5 Å². The lowest BCUT2D eigenvalue weighted by Crippen LogP contribution is -2.49. The molecule has 8 heteroatoms. The van der Waals surface area contributed by atoms with Gasteiger partial charge in [-0.2, -0.15) is 13.2 Å². The number of benzene rings is 2. The van der Waals surface area contributed by atoms with Crippen molar-refractivity contribution in [1.29, 1.82) is 0 Å². The van der Waals surface area contributed by atoms with Gasteiger partial charge in [-0.05, 0) is 67.8 Å². The Morgan fingerprint density at radius 3 is 2.18 bits per heavy atom. The first kappa shape index (κ1) is 25.1. The summed E-state index contributed by atoms with van der Waals surface area (Å²) in [6.45, 7) is 9.77. The molecule has 0 spiro atoms. The number of nitrogens with zero attached hydrogens (tertiary/aromatic N) is 2. The van der Waals surface area contributed by atoms with Crippen LogP contribution in [0, 0.1) is 13.8 Å². The van der Waals surface area contributed by atoms with Crippen molar-refractivity contribution in [3.05, 3.63) is 64.2 Å². The minimum absolute atomic E-state index is 0.167. The summed E-state index contributed by atoms with van der Waals surface area (Å²) in [6, 6.07) is 8.67. The zero-order chi connectivity index (χ0) is 24.2. The first-order chi connectivity index (χ1) is 15.6. The Kier molecular flexibility index (Phi) is 8.02. The predicted octanol–water partition coefficient (Wildman–Crippen LogP) is 4.87. The van der Waals surface area contributed by atoms with Gasteiger partial charge in [0, 0.05) is 44.9 Å². The molecule has 1 atom stereocenters. The van der Waals surface area contributed by atoms with Crippen molar-refractivity contribution in [2.24, 2.45) is 0 Å². The standard InChI is InChI=1S/C25H31F3N2O3/c1-17-18(2)23(33-16-15-32-4)10-9-22(17)19(3)29-11-13-30(14-12-29)24(31)20-5-7-21(8-6-20)25(26,27)28/h5-10,19H,11-16H2,1-4H3. The average molecular weight is 465 g/mol. The van der Waals surface area contributed by atoms with Crippen LogP contribution < -0.4 is 4.74 Å². The highest BCUT2D eigenvalue weighted by Crippen LogP contribution is 2.32. The Labute approximate surface area is 193 Å². The van der Waals surface area contributed by atoms with Crippen molar-refractivity contribution < 1.29 is 27.4 Å². The first-order valence-corrected chi connectivity index (χ1v) is 11.1. The number of rotatable bonds is 7. The minimum Gasteiger partial charge on any atom is -0.491 e. The van der Waals surface area contributed by atoms with Gasteiger partial charge in [0.05, 0.1) is 12.2 Å². The average Bonchev–Trinajstić information content (AvgIpc) is 2.81. The van der Waals surface area contributed by atoms with E-state index < -0.39 is 11.7 Å². The molecule has 0 saturated carbocycles. The molecule has 0 aromatic heterocycles. The summed E-state index contributed by atoms with van der Waals surface area (Å²) in [4.78, 5) is 16.8. The summed E-state index contributed by atoms with van der Waals surface area (Å²) in [6.07, 6.45) is -4.41. The van der Waals surface area contributed by atoms with Gasteiger partial charge in [0.15, 0.2) is 0 Å². The molecule has 3 rings (SSSR count). The molecule has 1 heterocycles. The minimum atomic E-state index is -4.41. The monoisotopic (exact) mass is 464 g/mol. The van der Waals surface area contributed by atoms with Crippen LogP contribution in [0.3, 0.4) is 0 Å². The van der Waals surface area contributed by atoms with E-state index in [9.17, 15) is 18.0 Å². The summed E-state index contributed by atoms with van der Waals surface area (Å²) in [5.74, 6) is 0.619. The van der Waals surface area contributed by atoms with Gasteiger partial charge in [-0.1, -0.05) is 6.07 Å². The fourth-order valence-corrected chi connectivity index (χ4v) is 4.15. The number of halogens is 3. The summed E-state index contributed by atoms with van der Waals surface area (Å²) in [7, 11) is 1.64. The maximum absolute atomic E-state index is 12.8. The topological polar surface area (TPSA) is 42.0 Å². The van der Waals surface area contributed by atoms with Gasteiger partial charge >= 0.3 is 6.18 Å². The third-order valence-corrected chi connectivity index (χ3v) is 6.38. The number of ether oxygens (including phenoxy) is 2. The molecule has 0 N–H and O–H groups in total. The molecule has 2 aromatic rings. The lowest BCUT2D eigenvalue weighted by molar-refractivity contribution is -0.137. The number of hydrogen-bond acceptors (Lipinski definition) is 4. The third kappa shape index (κ3) is 5.86. The summed E-state index contributed by atoms with van der Waals surface area (Å²) in [5.41, 5.74) is 3.03. The number of amides is 1.